The van der Waals surface area contributed by atoms with Crippen LogP contribution in [0.5, 0.6) is 0 Å². The maximum absolute atomic E-state index is 12.8. The maximum atomic E-state index is 12.8. The Hall–Kier alpha value is -2.11. The van der Waals surface area contributed by atoms with Gasteiger partial charge in [-0.25, -0.2) is 0 Å². The van der Waals surface area contributed by atoms with Crippen molar-refractivity contribution in [3.8, 4) is 0 Å². The third kappa shape index (κ3) is 3.69. The van der Waals surface area contributed by atoms with Gasteiger partial charge in [-0.3, -0.25) is 9.78 Å². The van der Waals surface area contributed by atoms with Gasteiger partial charge in [-0.05, 0) is 48.7 Å². The minimum Gasteiger partial charge on any atom is -0.373 e. The van der Waals surface area contributed by atoms with E-state index in [1.807, 2.05) is 36.4 Å². The molecule has 2 aliphatic rings. The quantitative estimate of drug-likeness (QED) is 0.896. The minimum absolute atomic E-state index is 0.0827. The smallest absolute Gasteiger partial charge is 0.226 e. The molecule has 1 N–H and O–H groups in total. The van der Waals surface area contributed by atoms with Crippen LogP contribution in [0, 0.1) is 5.92 Å². The summed E-state index contributed by atoms with van der Waals surface area (Å²) in [5.74, 6) is -0.0666. The van der Waals surface area contributed by atoms with E-state index in [1.54, 1.807) is 12.4 Å². The number of carbonyl (C=O) groups excluding carboxylic acids is 1. The zero-order valence-corrected chi connectivity index (χ0v) is 15.2. The molecular formula is C20H22ClN3O2. The highest BCUT2D eigenvalue weighted by Crippen LogP contribution is 2.34. The number of anilines is 1. The van der Waals surface area contributed by atoms with Crippen molar-refractivity contribution in [2.45, 2.75) is 25.0 Å². The Morgan fingerprint density at radius 3 is 2.85 bits per heavy atom. The summed E-state index contributed by atoms with van der Waals surface area (Å²) in [6, 6.07) is 11.9. The summed E-state index contributed by atoms with van der Waals surface area (Å²) in [7, 11) is 0. The molecule has 26 heavy (non-hydrogen) atoms. The number of pyridine rings is 1. The van der Waals surface area contributed by atoms with E-state index >= 15 is 0 Å². The van der Waals surface area contributed by atoms with Crippen molar-refractivity contribution in [2.75, 3.05) is 24.6 Å². The van der Waals surface area contributed by atoms with E-state index in [-0.39, 0.29) is 24.0 Å². The van der Waals surface area contributed by atoms with Gasteiger partial charge in [0.2, 0.25) is 5.91 Å². The fourth-order valence-electron chi connectivity index (χ4n) is 3.80. The molecular weight excluding hydrogens is 350 g/mol. The maximum Gasteiger partial charge on any atom is 0.226 e. The van der Waals surface area contributed by atoms with Gasteiger partial charge < -0.3 is 15.0 Å². The number of nitrogens with one attached hydrogen (secondary N) is 1. The van der Waals surface area contributed by atoms with E-state index in [1.165, 1.54) is 0 Å². The topological polar surface area (TPSA) is 54.5 Å². The number of nitrogens with zero attached hydrogens (tertiary/aromatic N) is 2. The summed E-state index contributed by atoms with van der Waals surface area (Å²) >= 11 is 5.96. The zero-order valence-electron chi connectivity index (χ0n) is 14.5. The highest BCUT2D eigenvalue weighted by molar-refractivity contribution is 6.30. The lowest BCUT2D eigenvalue weighted by Gasteiger charge is -2.22. The van der Waals surface area contributed by atoms with Crippen molar-refractivity contribution in [1.82, 2.24) is 10.3 Å². The second kappa shape index (κ2) is 7.64. The monoisotopic (exact) mass is 371 g/mol. The van der Waals surface area contributed by atoms with Gasteiger partial charge in [0.1, 0.15) is 0 Å². The Kier molecular flexibility index (Phi) is 5.09. The van der Waals surface area contributed by atoms with Crippen LogP contribution in [0.2, 0.25) is 5.02 Å². The molecule has 5 nitrogen and oxygen atoms in total. The van der Waals surface area contributed by atoms with Crippen LogP contribution in [0.1, 0.15) is 24.5 Å². The van der Waals surface area contributed by atoms with Crippen molar-refractivity contribution in [3.05, 3.63) is 59.4 Å². The molecule has 2 saturated heterocycles. The molecule has 6 heteroatoms. The first kappa shape index (κ1) is 17.3. The van der Waals surface area contributed by atoms with E-state index in [0.29, 0.717) is 6.61 Å². The fourth-order valence-corrected chi connectivity index (χ4v) is 3.93. The molecule has 1 aromatic carbocycles. The van der Waals surface area contributed by atoms with Gasteiger partial charge in [-0.2, -0.15) is 0 Å². The Bertz CT molecular complexity index is 753. The molecule has 0 spiro atoms. The van der Waals surface area contributed by atoms with Crippen LogP contribution in [-0.4, -0.2) is 36.6 Å². The molecule has 2 aromatic rings. The predicted octanol–water partition coefficient (Wildman–Crippen LogP) is 3.21. The summed E-state index contributed by atoms with van der Waals surface area (Å²) in [5, 5.41) is 3.96. The number of halogens is 1. The van der Waals surface area contributed by atoms with Gasteiger partial charge >= 0.3 is 0 Å². The largest absolute Gasteiger partial charge is 0.373 e. The minimum atomic E-state index is -0.197. The Balaban J connectivity index is 1.37. The van der Waals surface area contributed by atoms with Crippen molar-refractivity contribution in [3.63, 3.8) is 0 Å². The standard InChI is InChI=1S/C20H22ClN3O2/c21-15-3-5-17(6-4-15)24-10-7-16(13-24)23-20(25)18-8-11-26-19(18)14-2-1-9-22-12-14/h1-6,9,12,16,18-19H,7-8,10-11,13H2,(H,23,25)/t16?,18-,19+/m1/s1. The van der Waals surface area contributed by atoms with E-state index < -0.39 is 0 Å². The number of hydrogen-bond acceptors (Lipinski definition) is 4. The predicted molar refractivity (Wildman–Crippen MR) is 101 cm³/mol. The van der Waals surface area contributed by atoms with E-state index in [9.17, 15) is 4.79 Å². The summed E-state index contributed by atoms with van der Waals surface area (Å²) in [4.78, 5) is 19.3. The van der Waals surface area contributed by atoms with Crippen molar-refractivity contribution in [1.29, 1.82) is 0 Å². The molecule has 1 aromatic heterocycles. The van der Waals surface area contributed by atoms with Crippen LogP contribution < -0.4 is 10.2 Å². The van der Waals surface area contributed by atoms with Crippen LogP contribution in [0.3, 0.4) is 0 Å². The summed E-state index contributed by atoms with van der Waals surface area (Å²) in [6.07, 6.45) is 5.02. The SMILES string of the molecule is O=C(NC1CCN(c2ccc(Cl)cc2)C1)[C@@H]1CCO[C@H]1c1cccnc1. The van der Waals surface area contributed by atoms with Crippen LogP contribution in [0.15, 0.2) is 48.8 Å². The van der Waals surface area contributed by atoms with Gasteiger partial charge in [0, 0.05) is 48.8 Å². The van der Waals surface area contributed by atoms with Gasteiger partial charge in [0.15, 0.2) is 0 Å². The van der Waals surface area contributed by atoms with E-state index in [2.05, 4.69) is 15.2 Å². The molecule has 3 atom stereocenters. The number of carbonyl (C=O) groups is 1. The van der Waals surface area contributed by atoms with Crippen LogP contribution >= 0.6 is 11.6 Å². The molecule has 0 bridgehead atoms. The average Bonchev–Trinajstić information content (AvgIpc) is 3.32. The number of hydrogen-bond donors (Lipinski definition) is 1. The molecule has 0 saturated carbocycles. The first-order valence-electron chi connectivity index (χ1n) is 9.03. The Morgan fingerprint density at radius 1 is 1.23 bits per heavy atom. The highest BCUT2D eigenvalue weighted by atomic mass is 35.5. The third-order valence-corrected chi connectivity index (χ3v) is 5.42. The summed E-state index contributed by atoms with van der Waals surface area (Å²) in [5.41, 5.74) is 2.11. The number of aromatic nitrogens is 1. The summed E-state index contributed by atoms with van der Waals surface area (Å²) in [6.45, 7) is 2.36. The Morgan fingerprint density at radius 2 is 2.08 bits per heavy atom. The normalized spacial score (nSPS) is 25.4. The van der Waals surface area contributed by atoms with Gasteiger partial charge in [0.25, 0.3) is 0 Å². The zero-order chi connectivity index (χ0) is 17.9. The molecule has 1 unspecified atom stereocenters. The molecule has 2 aliphatic heterocycles. The second-order valence-electron chi connectivity index (χ2n) is 6.89. The lowest BCUT2D eigenvalue weighted by Crippen LogP contribution is -2.41. The Labute approximate surface area is 158 Å². The molecule has 0 aliphatic carbocycles. The lowest BCUT2D eigenvalue weighted by molar-refractivity contribution is -0.127. The molecule has 3 heterocycles. The third-order valence-electron chi connectivity index (χ3n) is 5.17. The second-order valence-corrected chi connectivity index (χ2v) is 7.33. The van der Waals surface area contributed by atoms with Crippen molar-refractivity contribution >= 4 is 23.2 Å². The van der Waals surface area contributed by atoms with Crippen LogP contribution in [-0.2, 0) is 9.53 Å². The van der Waals surface area contributed by atoms with Crippen LogP contribution in [0.4, 0.5) is 5.69 Å². The number of rotatable bonds is 4. The lowest BCUT2D eigenvalue weighted by atomic mass is 9.95. The molecule has 4 rings (SSSR count). The number of amides is 1. The average molecular weight is 372 g/mol. The summed E-state index contributed by atoms with van der Waals surface area (Å²) < 4.78 is 5.82. The fraction of sp³-hybridized carbons (Fsp3) is 0.400. The van der Waals surface area contributed by atoms with Gasteiger partial charge in [0.05, 0.1) is 12.0 Å². The number of benzene rings is 1. The van der Waals surface area contributed by atoms with Crippen LogP contribution in [0.25, 0.3) is 0 Å². The molecule has 1 amide bonds. The van der Waals surface area contributed by atoms with E-state index in [0.717, 1.165) is 42.2 Å². The van der Waals surface area contributed by atoms with Crippen molar-refractivity contribution < 1.29 is 9.53 Å². The first-order chi connectivity index (χ1) is 12.7. The first-order valence-corrected chi connectivity index (χ1v) is 9.41. The number of ether oxygens (including phenoxy) is 1. The molecule has 2 fully saturated rings. The highest BCUT2D eigenvalue weighted by Gasteiger charge is 2.37. The van der Waals surface area contributed by atoms with Gasteiger partial charge in [-0.1, -0.05) is 17.7 Å². The van der Waals surface area contributed by atoms with E-state index in [4.69, 9.17) is 16.3 Å². The molecule has 136 valence electrons. The van der Waals surface area contributed by atoms with Crippen molar-refractivity contribution in [2.24, 2.45) is 5.92 Å². The molecule has 0 radical (unpaired) electrons. The van der Waals surface area contributed by atoms with Gasteiger partial charge in [-0.15, -0.1) is 0 Å².